The first kappa shape index (κ1) is 23.2. The number of aliphatic carboxylic acids is 1. The van der Waals surface area contributed by atoms with Crippen LogP contribution in [-0.4, -0.2) is 52.5 Å². The number of imidazole rings is 1. The van der Waals surface area contributed by atoms with Gasteiger partial charge in [0.1, 0.15) is 5.82 Å². The van der Waals surface area contributed by atoms with Gasteiger partial charge in [0.05, 0.1) is 23.6 Å². The first-order valence-electron chi connectivity index (χ1n) is 11.4. The topological polar surface area (TPSA) is 106 Å². The van der Waals surface area contributed by atoms with E-state index in [1.54, 1.807) is 13.1 Å². The minimum absolute atomic E-state index is 0.0998. The molecule has 1 aromatic carbocycles. The van der Waals surface area contributed by atoms with E-state index < -0.39 is 11.9 Å². The number of nitrogens with zero attached hydrogens (tertiary/aromatic N) is 2. The molecule has 176 valence electrons. The molecule has 1 aliphatic rings. The minimum atomic E-state index is -0.839. The van der Waals surface area contributed by atoms with Crippen LogP contribution in [0.2, 0.25) is 0 Å². The Bertz CT molecular complexity index is 1180. The molecule has 0 aliphatic carbocycles. The minimum Gasteiger partial charge on any atom is -0.481 e. The van der Waals surface area contributed by atoms with Crippen LogP contribution in [0.4, 0.5) is 0 Å². The molecular weight excluding hydrogens is 422 g/mol. The van der Waals surface area contributed by atoms with Gasteiger partial charge in [-0.2, -0.15) is 0 Å². The van der Waals surface area contributed by atoms with Crippen LogP contribution in [0.3, 0.4) is 0 Å². The average Bonchev–Trinajstić information content (AvgIpc) is 3.16. The van der Waals surface area contributed by atoms with Gasteiger partial charge >= 0.3 is 5.97 Å². The molecule has 3 heterocycles. The molecule has 1 aliphatic heterocycles. The number of nitrogens with one attached hydrogen (secondary N) is 1. The summed E-state index contributed by atoms with van der Waals surface area (Å²) in [6.07, 6.45) is 4.88. The molecule has 1 saturated heterocycles. The summed E-state index contributed by atoms with van der Waals surface area (Å²) in [5.74, 6) is -0.0366. The maximum atomic E-state index is 11.9. The third-order valence-corrected chi connectivity index (χ3v) is 6.44. The maximum Gasteiger partial charge on any atom is 0.308 e. The van der Waals surface area contributed by atoms with Gasteiger partial charge in [0, 0.05) is 44.2 Å². The van der Waals surface area contributed by atoms with Crippen LogP contribution in [0.25, 0.3) is 22.4 Å². The lowest BCUT2D eigenvalue weighted by molar-refractivity contribution is -0.143. The third kappa shape index (κ3) is 5.34. The Morgan fingerprint density at radius 2 is 2.12 bits per heavy atom. The predicted molar refractivity (Wildman–Crippen MR) is 125 cm³/mol. The van der Waals surface area contributed by atoms with E-state index in [4.69, 9.17) is 14.5 Å². The zero-order valence-corrected chi connectivity index (χ0v) is 19.2. The van der Waals surface area contributed by atoms with Gasteiger partial charge in [-0.3, -0.25) is 9.59 Å². The number of benzene rings is 1. The average molecular weight is 454 g/mol. The lowest BCUT2D eigenvalue weighted by Crippen LogP contribution is -2.21. The number of hydrogen-bond donors (Lipinski definition) is 2. The summed E-state index contributed by atoms with van der Waals surface area (Å²) >= 11 is 0. The Hall–Kier alpha value is -2.97. The van der Waals surface area contributed by atoms with Gasteiger partial charge in [-0.15, -0.1) is 0 Å². The molecule has 2 N–H and O–H groups in total. The Labute approximate surface area is 192 Å². The van der Waals surface area contributed by atoms with E-state index in [9.17, 15) is 14.7 Å². The number of aromatic nitrogens is 3. The smallest absolute Gasteiger partial charge is 0.308 e. The number of pyridine rings is 1. The lowest BCUT2D eigenvalue weighted by atomic mass is 9.99. The predicted octanol–water partition coefficient (Wildman–Crippen LogP) is 3.41. The van der Waals surface area contributed by atoms with Crippen LogP contribution in [-0.2, 0) is 27.2 Å². The van der Waals surface area contributed by atoms with Crippen molar-refractivity contribution >= 4 is 17.0 Å². The van der Waals surface area contributed by atoms with E-state index in [-0.39, 0.29) is 12.2 Å². The second-order valence-corrected chi connectivity index (χ2v) is 8.85. The van der Waals surface area contributed by atoms with Crippen LogP contribution >= 0.6 is 0 Å². The summed E-state index contributed by atoms with van der Waals surface area (Å²) in [5, 5.41) is 9.39. The number of methoxy groups -OCH3 is 1. The first-order chi connectivity index (χ1) is 16.0. The molecule has 0 amide bonds. The fourth-order valence-electron chi connectivity index (χ4n) is 4.47. The first-order valence-corrected chi connectivity index (χ1v) is 11.4. The van der Waals surface area contributed by atoms with Crippen molar-refractivity contribution in [2.75, 3.05) is 26.9 Å². The molecule has 0 unspecified atom stereocenters. The molecule has 3 aromatic rings. The Morgan fingerprint density at radius 1 is 1.33 bits per heavy atom. The molecule has 0 spiro atoms. The fourth-order valence-corrected chi connectivity index (χ4v) is 4.47. The van der Waals surface area contributed by atoms with Crippen molar-refractivity contribution in [1.29, 1.82) is 0 Å². The van der Waals surface area contributed by atoms with Gasteiger partial charge in [-0.1, -0.05) is 6.07 Å². The molecular formula is C25H31N3O5. The van der Waals surface area contributed by atoms with Crippen molar-refractivity contribution in [2.45, 2.75) is 39.2 Å². The third-order valence-electron chi connectivity index (χ3n) is 6.44. The van der Waals surface area contributed by atoms with E-state index in [2.05, 4.69) is 21.7 Å². The number of aromatic amines is 1. The highest BCUT2D eigenvalue weighted by Crippen LogP contribution is 2.29. The number of rotatable bonds is 9. The SMILES string of the molecule is COC[C@H](CCc1ccc2c(c1)nc(-c1c[nH]c(=O)c(C)c1)n2CC1CCOCC1)C(=O)O. The van der Waals surface area contributed by atoms with E-state index in [1.807, 2.05) is 12.1 Å². The fraction of sp³-hybridized carbons (Fsp3) is 0.480. The molecule has 1 fully saturated rings. The van der Waals surface area contributed by atoms with Crippen molar-refractivity contribution in [3.05, 3.63) is 51.9 Å². The highest BCUT2D eigenvalue weighted by Gasteiger charge is 2.21. The largest absolute Gasteiger partial charge is 0.481 e. The summed E-state index contributed by atoms with van der Waals surface area (Å²) in [4.78, 5) is 31.1. The number of fused-ring (bicyclic) bond motifs is 1. The van der Waals surface area contributed by atoms with Gasteiger partial charge in [0.25, 0.3) is 5.56 Å². The number of hydrogen-bond acceptors (Lipinski definition) is 5. The molecule has 8 heteroatoms. The number of carboxylic acid groups (broad SMARTS) is 1. The summed E-state index contributed by atoms with van der Waals surface area (Å²) in [5.41, 5.74) is 4.38. The second-order valence-electron chi connectivity index (χ2n) is 8.85. The molecule has 2 aromatic heterocycles. The maximum absolute atomic E-state index is 11.9. The van der Waals surface area contributed by atoms with Crippen molar-refractivity contribution in [3.8, 4) is 11.4 Å². The molecule has 8 nitrogen and oxygen atoms in total. The molecule has 33 heavy (non-hydrogen) atoms. The van der Waals surface area contributed by atoms with Gasteiger partial charge in [-0.05, 0) is 62.3 Å². The number of H-pyrrole nitrogens is 1. The van der Waals surface area contributed by atoms with Crippen molar-refractivity contribution in [3.63, 3.8) is 0 Å². The van der Waals surface area contributed by atoms with E-state index in [0.717, 1.165) is 60.6 Å². The van der Waals surface area contributed by atoms with Crippen molar-refractivity contribution < 1.29 is 19.4 Å². The standard InChI is InChI=1S/C25H31N3O5/c1-16-11-20(13-26-24(16)29)23-27-21-12-17(3-5-19(15-32-2)25(30)31)4-6-22(21)28(23)14-18-7-9-33-10-8-18/h4,6,11-13,18-19H,3,5,7-10,14-15H2,1-2H3,(H,26,29)(H,30,31)/t19-/m0/s1. The van der Waals surface area contributed by atoms with E-state index >= 15 is 0 Å². The Kier molecular flexibility index (Phi) is 7.25. The number of carboxylic acids is 1. The lowest BCUT2D eigenvalue weighted by Gasteiger charge is -2.23. The molecule has 0 bridgehead atoms. The van der Waals surface area contributed by atoms with Crippen LogP contribution < -0.4 is 5.56 Å². The molecule has 4 rings (SSSR count). The zero-order valence-electron chi connectivity index (χ0n) is 19.2. The second kappa shape index (κ2) is 10.3. The normalized spacial score (nSPS) is 15.7. The number of ether oxygens (including phenoxy) is 2. The van der Waals surface area contributed by atoms with Crippen molar-refractivity contribution in [1.82, 2.24) is 14.5 Å². The van der Waals surface area contributed by atoms with Crippen LogP contribution in [0.5, 0.6) is 0 Å². The summed E-state index contributed by atoms with van der Waals surface area (Å²) in [7, 11) is 1.52. The zero-order chi connectivity index (χ0) is 23.4. The quantitative estimate of drug-likeness (QED) is 0.514. The van der Waals surface area contributed by atoms with Gasteiger partial charge < -0.3 is 24.1 Å². The van der Waals surface area contributed by atoms with Crippen LogP contribution in [0.15, 0.2) is 35.3 Å². The van der Waals surface area contributed by atoms with Gasteiger partial charge in [0.2, 0.25) is 0 Å². The number of aryl methyl sites for hydroxylation is 2. The van der Waals surface area contributed by atoms with Crippen LogP contribution in [0.1, 0.15) is 30.4 Å². The molecule has 0 radical (unpaired) electrons. The summed E-state index contributed by atoms with van der Waals surface area (Å²) < 4.78 is 12.8. The Morgan fingerprint density at radius 3 is 2.82 bits per heavy atom. The van der Waals surface area contributed by atoms with Gasteiger partial charge in [0.15, 0.2) is 0 Å². The van der Waals surface area contributed by atoms with E-state index in [0.29, 0.717) is 24.3 Å². The van der Waals surface area contributed by atoms with E-state index in [1.165, 1.54) is 7.11 Å². The summed E-state index contributed by atoms with van der Waals surface area (Å²) in [6, 6.07) is 8.05. The number of carbonyl (C=O) groups is 1. The summed E-state index contributed by atoms with van der Waals surface area (Å²) in [6.45, 7) is 4.39. The monoisotopic (exact) mass is 453 g/mol. The highest BCUT2D eigenvalue weighted by atomic mass is 16.5. The van der Waals surface area contributed by atoms with Gasteiger partial charge in [-0.25, -0.2) is 4.98 Å². The molecule has 1 atom stereocenters. The highest BCUT2D eigenvalue weighted by molar-refractivity contribution is 5.81. The van der Waals surface area contributed by atoms with Crippen LogP contribution in [0, 0.1) is 18.8 Å². The van der Waals surface area contributed by atoms with Crippen molar-refractivity contribution in [2.24, 2.45) is 11.8 Å². The molecule has 0 saturated carbocycles. The Balaban J connectivity index is 1.68.